The van der Waals surface area contributed by atoms with Crippen LogP contribution in [-0.2, 0) is 28.5 Å². The second kappa shape index (κ2) is 15.2. The summed E-state index contributed by atoms with van der Waals surface area (Å²) in [5.74, 6) is -3.74. The van der Waals surface area contributed by atoms with Crippen LogP contribution in [0.2, 0.25) is 0 Å². The number of ketones is 1. The van der Waals surface area contributed by atoms with E-state index in [1.54, 1.807) is 12.1 Å². The number of hydrogen-bond donors (Lipinski definition) is 9. The summed E-state index contributed by atoms with van der Waals surface area (Å²) < 4.78 is 34.1. The van der Waals surface area contributed by atoms with Crippen LogP contribution in [0.5, 0.6) is 23.0 Å². The number of carbonyl (C=O) groups is 3. The number of carboxylic acids is 1. The molecule has 3 aliphatic heterocycles. The predicted octanol–water partition coefficient (Wildman–Crippen LogP) is -0.998. The van der Waals surface area contributed by atoms with Crippen LogP contribution in [0.25, 0.3) is 0 Å². The van der Waals surface area contributed by atoms with Crippen molar-refractivity contribution in [3.05, 3.63) is 47.5 Å². The van der Waals surface area contributed by atoms with Gasteiger partial charge < -0.3 is 74.4 Å². The quantitative estimate of drug-likeness (QED) is 0.126. The summed E-state index contributed by atoms with van der Waals surface area (Å²) in [5, 5.41) is 92.7. The summed E-state index contributed by atoms with van der Waals surface area (Å²) in [5.41, 5.74) is -1.56. The summed E-state index contributed by atoms with van der Waals surface area (Å²) in [6.45, 7) is 1.76. The predicted molar refractivity (Wildman–Crippen MR) is 166 cm³/mol. The number of aliphatic hydroxyl groups excluding tert-OH is 5. The van der Waals surface area contributed by atoms with Crippen molar-refractivity contribution in [1.29, 1.82) is 0 Å². The molecule has 0 radical (unpaired) electrons. The number of esters is 1. The van der Waals surface area contributed by atoms with E-state index in [1.807, 2.05) is 0 Å². The van der Waals surface area contributed by atoms with E-state index in [1.165, 1.54) is 25.1 Å². The number of Topliss-reactive ketones (excluding diaryl/α,β-unsaturated/α-hetero) is 1. The Morgan fingerprint density at radius 1 is 0.902 bits per heavy atom. The minimum atomic E-state index is -1.96. The van der Waals surface area contributed by atoms with Gasteiger partial charge in [0.1, 0.15) is 77.9 Å². The van der Waals surface area contributed by atoms with Gasteiger partial charge in [0.25, 0.3) is 0 Å². The molecule has 5 rings (SSSR count). The molecule has 12 atom stereocenters. The minimum Gasteiger partial charge on any atom is -0.508 e. The number of benzene rings is 2. The first-order valence-electron chi connectivity index (χ1n) is 15.9. The average molecular weight is 725 g/mol. The van der Waals surface area contributed by atoms with E-state index in [4.69, 9.17) is 33.5 Å². The zero-order valence-electron chi connectivity index (χ0n) is 27.3. The summed E-state index contributed by atoms with van der Waals surface area (Å²) >= 11 is 0. The largest absolute Gasteiger partial charge is 0.508 e. The normalized spacial score (nSPS) is 33.3. The summed E-state index contributed by atoms with van der Waals surface area (Å²) in [4.78, 5) is 36.5. The molecular formula is C33H40O18. The lowest BCUT2D eigenvalue weighted by atomic mass is 9.95. The van der Waals surface area contributed by atoms with Gasteiger partial charge >= 0.3 is 11.9 Å². The first-order chi connectivity index (χ1) is 23.9. The maximum Gasteiger partial charge on any atom is 0.308 e. The third kappa shape index (κ3) is 8.68. The molecule has 18 heteroatoms. The van der Waals surface area contributed by atoms with E-state index in [0.717, 1.165) is 13.0 Å². The molecule has 0 amide bonds. The highest BCUT2D eigenvalue weighted by atomic mass is 16.8. The molecule has 2 saturated heterocycles. The smallest absolute Gasteiger partial charge is 0.308 e. The third-order valence-corrected chi connectivity index (χ3v) is 8.70. The highest BCUT2D eigenvalue weighted by Gasteiger charge is 2.51. The van der Waals surface area contributed by atoms with E-state index in [-0.39, 0.29) is 29.2 Å². The fraction of sp³-hybridized carbons (Fsp3) is 0.545. The SMILES string of the molecule is C[C@@H]1O[C@@H](O[C@H]2[C@H](Oc3cc(O)c4c(c3)O[C@@H](c3ccc(O)cc3)CC4=O)O[C@H](COC(=O)C[C@](C)(O)CC(=O)O)[C@@H](O)[C@@H]2O)[C@H](O)[C@H](O)[C@H]1O. The van der Waals surface area contributed by atoms with Crippen LogP contribution < -0.4 is 9.47 Å². The molecular weight excluding hydrogens is 684 g/mol. The molecule has 3 aliphatic rings. The van der Waals surface area contributed by atoms with Gasteiger partial charge in [-0.2, -0.15) is 0 Å². The molecule has 9 N–H and O–H groups in total. The van der Waals surface area contributed by atoms with E-state index in [0.29, 0.717) is 5.56 Å². The third-order valence-electron chi connectivity index (χ3n) is 8.70. The van der Waals surface area contributed by atoms with E-state index in [9.17, 15) is 55.2 Å². The van der Waals surface area contributed by atoms with Crippen LogP contribution in [-0.4, -0.2) is 137 Å². The number of aliphatic carboxylic acids is 1. The second-order valence-electron chi connectivity index (χ2n) is 13.0. The van der Waals surface area contributed by atoms with Crippen LogP contribution in [0.4, 0.5) is 0 Å². The molecule has 2 fully saturated rings. The maximum atomic E-state index is 13.0. The van der Waals surface area contributed by atoms with Gasteiger partial charge in [-0.05, 0) is 31.5 Å². The van der Waals surface area contributed by atoms with Crippen molar-refractivity contribution >= 4 is 17.7 Å². The minimum absolute atomic E-state index is 0.00408. The van der Waals surface area contributed by atoms with E-state index >= 15 is 0 Å². The van der Waals surface area contributed by atoms with Crippen molar-refractivity contribution in [1.82, 2.24) is 0 Å². The Labute approximate surface area is 289 Å². The van der Waals surface area contributed by atoms with Crippen molar-refractivity contribution < 1.29 is 88.8 Å². The number of aromatic hydroxyl groups is 2. The number of hydrogen-bond acceptors (Lipinski definition) is 17. The molecule has 0 bridgehead atoms. The number of phenolic OH excluding ortho intramolecular Hbond substituents is 2. The Morgan fingerprint density at radius 3 is 2.25 bits per heavy atom. The highest BCUT2D eigenvalue weighted by Crippen LogP contribution is 2.43. The maximum absolute atomic E-state index is 13.0. The molecule has 280 valence electrons. The van der Waals surface area contributed by atoms with Crippen LogP contribution in [0.1, 0.15) is 55.1 Å². The number of aliphatic hydroxyl groups is 6. The Balaban J connectivity index is 1.39. The molecule has 2 aromatic carbocycles. The highest BCUT2D eigenvalue weighted by molar-refractivity contribution is 6.02. The van der Waals surface area contributed by atoms with Crippen LogP contribution >= 0.6 is 0 Å². The van der Waals surface area contributed by atoms with Crippen LogP contribution in [0, 0.1) is 0 Å². The van der Waals surface area contributed by atoms with Gasteiger partial charge in [0.2, 0.25) is 6.29 Å². The van der Waals surface area contributed by atoms with E-state index < -0.39 is 116 Å². The lowest BCUT2D eigenvalue weighted by Crippen LogP contribution is -2.64. The van der Waals surface area contributed by atoms with Crippen molar-refractivity contribution in [3.63, 3.8) is 0 Å². The van der Waals surface area contributed by atoms with Crippen molar-refractivity contribution in [2.24, 2.45) is 0 Å². The Morgan fingerprint density at radius 2 is 1.59 bits per heavy atom. The summed E-state index contributed by atoms with van der Waals surface area (Å²) in [6.07, 6.45) is -19.1. The molecule has 18 nitrogen and oxygen atoms in total. The topological polar surface area (TPSA) is 289 Å². The van der Waals surface area contributed by atoms with Gasteiger partial charge in [0.05, 0.1) is 31.0 Å². The Kier molecular flexibility index (Phi) is 11.4. The van der Waals surface area contributed by atoms with Gasteiger partial charge in [-0.3, -0.25) is 14.4 Å². The molecule has 0 aliphatic carbocycles. The Hall–Kier alpha value is -4.11. The van der Waals surface area contributed by atoms with Gasteiger partial charge in [-0.25, -0.2) is 0 Å². The number of rotatable bonds is 11. The van der Waals surface area contributed by atoms with Crippen LogP contribution in [0.15, 0.2) is 36.4 Å². The van der Waals surface area contributed by atoms with Crippen molar-refractivity contribution in [2.45, 2.75) is 106 Å². The first kappa shape index (κ1) is 38.1. The van der Waals surface area contributed by atoms with Gasteiger partial charge in [-0.1, -0.05) is 12.1 Å². The van der Waals surface area contributed by atoms with E-state index in [2.05, 4.69) is 0 Å². The first-order valence-corrected chi connectivity index (χ1v) is 15.9. The molecule has 0 saturated carbocycles. The number of fused-ring (bicyclic) bond motifs is 1. The Bertz CT molecular complexity index is 1580. The average Bonchev–Trinajstić information content (AvgIpc) is 3.04. The molecule has 0 spiro atoms. The number of ether oxygens (including phenoxy) is 6. The van der Waals surface area contributed by atoms with Gasteiger partial charge in [-0.15, -0.1) is 0 Å². The second-order valence-corrected chi connectivity index (χ2v) is 13.0. The number of carbonyl (C=O) groups excluding carboxylic acids is 2. The monoisotopic (exact) mass is 724 g/mol. The lowest BCUT2D eigenvalue weighted by molar-refractivity contribution is -0.354. The summed E-state index contributed by atoms with van der Waals surface area (Å²) in [6, 6.07) is 8.23. The van der Waals surface area contributed by atoms with Gasteiger partial charge in [0.15, 0.2) is 18.2 Å². The fourth-order valence-electron chi connectivity index (χ4n) is 5.98. The zero-order valence-corrected chi connectivity index (χ0v) is 27.3. The fourth-order valence-corrected chi connectivity index (χ4v) is 5.98. The zero-order chi connectivity index (χ0) is 37.4. The molecule has 2 aromatic rings. The summed E-state index contributed by atoms with van der Waals surface area (Å²) in [7, 11) is 0. The standard InChI is InChI=1S/C33H40O18/c1-13-25(40)27(42)29(44)31(47-13)51-30-28(43)26(41)21(12-46-23(39)11-33(2,45)10-22(37)38)50-32(30)48-16-7-17(35)24-18(36)9-19(49-20(24)8-16)14-3-5-15(34)6-4-14/h3-8,13,19,21,25-32,34-35,40-45H,9-12H2,1-2H3,(H,37,38)/t13-,19+,21+,25-,26+,27+,28-,29+,30+,31-,32+,33+/m0/s1. The van der Waals surface area contributed by atoms with Crippen molar-refractivity contribution in [2.75, 3.05) is 6.61 Å². The molecule has 0 aromatic heterocycles. The van der Waals surface area contributed by atoms with Gasteiger partial charge in [0, 0.05) is 12.1 Å². The van der Waals surface area contributed by atoms with Crippen LogP contribution in [0.3, 0.4) is 0 Å². The lowest BCUT2D eigenvalue weighted by Gasteiger charge is -2.45. The van der Waals surface area contributed by atoms with Crippen molar-refractivity contribution in [3.8, 4) is 23.0 Å². The number of carboxylic acid groups (broad SMARTS) is 1. The molecule has 51 heavy (non-hydrogen) atoms. The molecule has 3 heterocycles. The number of phenols is 2. The molecule has 0 unspecified atom stereocenters.